The molecule has 1 aromatic heterocycles. The molecule has 1 amide bonds. The number of halogens is 1. The second kappa shape index (κ2) is 7.51. The van der Waals surface area contributed by atoms with Crippen LogP contribution in [0.15, 0.2) is 22.8 Å². The Kier molecular flexibility index (Phi) is 5.89. The van der Waals surface area contributed by atoms with Gasteiger partial charge in [-0.2, -0.15) is 0 Å². The van der Waals surface area contributed by atoms with Gasteiger partial charge < -0.3 is 14.5 Å². The molecule has 0 aliphatic carbocycles. The number of carbonyl (C=O) groups is 1. The van der Waals surface area contributed by atoms with Crippen molar-refractivity contribution in [1.82, 2.24) is 9.88 Å². The van der Waals surface area contributed by atoms with Crippen molar-refractivity contribution in [3.05, 3.63) is 22.8 Å². The van der Waals surface area contributed by atoms with E-state index in [1.54, 1.807) is 0 Å². The zero-order chi connectivity index (χ0) is 17.0. The molecule has 2 heterocycles. The molecule has 1 fully saturated rings. The van der Waals surface area contributed by atoms with E-state index in [4.69, 9.17) is 4.74 Å². The number of pyridine rings is 1. The topological polar surface area (TPSA) is 45.7 Å². The number of amides is 1. The van der Waals surface area contributed by atoms with Gasteiger partial charge in [-0.05, 0) is 67.6 Å². The van der Waals surface area contributed by atoms with Gasteiger partial charge in [-0.1, -0.05) is 6.07 Å². The molecule has 6 heteroatoms. The highest BCUT2D eigenvalue weighted by Gasteiger charge is 2.27. The Hall–Kier alpha value is -1.30. The maximum atomic E-state index is 12.1. The number of ether oxygens (including phenoxy) is 1. The van der Waals surface area contributed by atoms with Crippen LogP contribution in [0.3, 0.4) is 0 Å². The lowest BCUT2D eigenvalue weighted by atomic mass is 9.96. The normalized spacial score (nSPS) is 16.3. The van der Waals surface area contributed by atoms with Crippen molar-refractivity contribution in [3.63, 3.8) is 0 Å². The van der Waals surface area contributed by atoms with E-state index >= 15 is 0 Å². The quantitative estimate of drug-likeness (QED) is 0.741. The van der Waals surface area contributed by atoms with Gasteiger partial charge in [0, 0.05) is 26.7 Å². The van der Waals surface area contributed by atoms with E-state index in [0.29, 0.717) is 5.92 Å². The summed E-state index contributed by atoms with van der Waals surface area (Å²) >= 11 is 3.41. The zero-order valence-corrected chi connectivity index (χ0v) is 16.0. The summed E-state index contributed by atoms with van der Waals surface area (Å²) in [4.78, 5) is 20.6. The molecule has 128 valence electrons. The van der Waals surface area contributed by atoms with E-state index in [1.165, 1.54) is 0 Å². The Morgan fingerprint density at radius 3 is 2.61 bits per heavy atom. The van der Waals surface area contributed by atoms with Crippen molar-refractivity contribution in [2.45, 2.75) is 39.2 Å². The number of hydrogen-bond donors (Lipinski definition) is 0. The lowest BCUT2D eigenvalue weighted by Crippen LogP contribution is -2.43. The molecule has 0 radical (unpaired) electrons. The summed E-state index contributed by atoms with van der Waals surface area (Å²) in [5.41, 5.74) is -0.430. The lowest BCUT2D eigenvalue weighted by Gasteiger charge is -2.35. The van der Waals surface area contributed by atoms with E-state index in [-0.39, 0.29) is 6.09 Å². The molecule has 0 N–H and O–H groups in total. The van der Waals surface area contributed by atoms with E-state index in [2.05, 4.69) is 32.9 Å². The second-order valence-corrected chi connectivity index (χ2v) is 7.92. The van der Waals surface area contributed by atoms with E-state index in [0.717, 1.165) is 42.9 Å². The van der Waals surface area contributed by atoms with Crippen LogP contribution in [0, 0.1) is 5.92 Å². The maximum absolute atomic E-state index is 12.1. The summed E-state index contributed by atoms with van der Waals surface area (Å²) in [6.45, 7) is 8.18. The van der Waals surface area contributed by atoms with Gasteiger partial charge in [-0.25, -0.2) is 9.78 Å². The molecule has 0 atom stereocenters. The monoisotopic (exact) mass is 383 g/mol. The zero-order valence-electron chi connectivity index (χ0n) is 14.4. The molecule has 1 saturated heterocycles. The molecule has 5 nitrogen and oxygen atoms in total. The fourth-order valence-corrected chi connectivity index (χ4v) is 3.05. The van der Waals surface area contributed by atoms with Crippen LogP contribution in [0.4, 0.5) is 10.6 Å². The van der Waals surface area contributed by atoms with Gasteiger partial charge >= 0.3 is 6.09 Å². The van der Waals surface area contributed by atoms with Crippen LogP contribution in [-0.2, 0) is 4.74 Å². The predicted octanol–water partition coefficient (Wildman–Crippen LogP) is 3.93. The average Bonchev–Trinajstić information content (AvgIpc) is 2.46. The molecule has 2 rings (SSSR count). The molecule has 0 unspecified atom stereocenters. The summed E-state index contributed by atoms with van der Waals surface area (Å²) in [5, 5.41) is 0. The van der Waals surface area contributed by atoms with Crippen LogP contribution in [0.25, 0.3) is 0 Å². The van der Waals surface area contributed by atoms with Crippen molar-refractivity contribution in [2.24, 2.45) is 5.92 Å². The third-order valence-electron chi connectivity index (χ3n) is 3.89. The Labute approximate surface area is 147 Å². The van der Waals surface area contributed by atoms with E-state index in [1.807, 2.05) is 43.9 Å². The highest BCUT2D eigenvalue weighted by Crippen LogP contribution is 2.22. The Balaban J connectivity index is 1.81. The Morgan fingerprint density at radius 1 is 1.39 bits per heavy atom. The molecule has 1 aliphatic rings. The fourth-order valence-electron chi connectivity index (χ4n) is 2.72. The Bertz CT molecular complexity index is 537. The van der Waals surface area contributed by atoms with Crippen molar-refractivity contribution in [2.75, 3.05) is 31.6 Å². The van der Waals surface area contributed by atoms with E-state index in [9.17, 15) is 4.79 Å². The van der Waals surface area contributed by atoms with Crippen LogP contribution < -0.4 is 4.90 Å². The highest BCUT2D eigenvalue weighted by atomic mass is 79.9. The first-order valence-corrected chi connectivity index (χ1v) is 8.85. The smallest absolute Gasteiger partial charge is 0.410 e. The van der Waals surface area contributed by atoms with Crippen molar-refractivity contribution < 1.29 is 9.53 Å². The van der Waals surface area contributed by atoms with Gasteiger partial charge in [0.25, 0.3) is 0 Å². The van der Waals surface area contributed by atoms with Gasteiger partial charge in [-0.15, -0.1) is 0 Å². The molecule has 0 aromatic carbocycles. The third-order valence-corrected chi connectivity index (χ3v) is 4.33. The van der Waals surface area contributed by atoms with Crippen LogP contribution in [0.1, 0.15) is 33.6 Å². The third kappa shape index (κ3) is 5.68. The minimum absolute atomic E-state index is 0.196. The minimum Gasteiger partial charge on any atom is -0.444 e. The van der Waals surface area contributed by atoms with Crippen molar-refractivity contribution in [1.29, 1.82) is 0 Å². The first-order valence-electron chi connectivity index (χ1n) is 8.06. The summed E-state index contributed by atoms with van der Waals surface area (Å²) in [5.74, 6) is 1.54. The van der Waals surface area contributed by atoms with Crippen molar-refractivity contribution in [3.8, 4) is 0 Å². The van der Waals surface area contributed by atoms with Gasteiger partial charge in [-0.3, -0.25) is 0 Å². The Morgan fingerprint density at radius 2 is 2.04 bits per heavy atom. The maximum Gasteiger partial charge on any atom is 0.410 e. The summed E-state index contributed by atoms with van der Waals surface area (Å²) in [6.07, 6.45) is 1.80. The number of anilines is 1. The highest BCUT2D eigenvalue weighted by molar-refractivity contribution is 9.10. The van der Waals surface area contributed by atoms with Crippen LogP contribution >= 0.6 is 15.9 Å². The predicted molar refractivity (Wildman–Crippen MR) is 95.7 cm³/mol. The van der Waals surface area contributed by atoms with Crippen LogP contribution in [0.5, 0.6) is 0 Å². The molecule has 0 saturated carbocycles. The number of carbonyl (C=O) groups excluding carboxylic acids is 1. The number of likely N-dealkylation sites (tertiary alicyclic amines) is 1. The van der Waals surface area contributed by atoms with Crippen LogP contribution in [-0.4, -0.2) is 48.3 Å². The largest absolute Gasteiger partial charge is 0.444 e. The number of aromatic nitrogens is 1. The van der Waals surface area contributed by atoms with Crippen LogP contribution in [0.2, 0.25) is 0 Å². The van der Waals surface area contributed by atoms with Gasteiger partial charge in [0.05, 0.1) is 0 Å². The number of nitrogens with zero attached hydrogens (tertiary/aromatic N) is 3. The van der Waals surface area contributed by atoms with Gasteiger partial charge in [0.2, 0.25) is 0 Å². The minimum atomic E-state index is -0.430. The summed E-state index contributed by atoms with van der Waals surface area (Å²) in [7, 11) is 2.06. The lowest BCUT2D eigenvalue weighted by molar-refractivity contribution is 0.0186. The molecule has 0 spiro atoms. The molecule has 1 aliphatic heterocycles. The first kappa shape index (κ1) is 18.0. The molecule has 23 heavy (non-hydrogen) atoms. The summed E-state index contributed by atoms with van der Waals surface area (Å²) < 4.78 is 6.29. The molecular formula is C17H26BrN3O2. The first-order chi connectivity index (χ1) is 10.7. The summed E-state index contributed by atoms with van der Waals surface area (Å²) in [6, 6.07) is 5.94. The van der Waals surface area contributed by atoms with E-state index < -0.39 is 5.60 Å². The van der Waals surface area contributed by atoms with Crippen molar-refractivity contribution >= 4 is 27.8 Å². The standard InChI is InChI=1S/C17H26BrN3O2/c1-17(2,3)23-16(22)21-10-8-13(9-11-21)12-20(4)15-7-5-6-14(18)19-15/h5-7,13H,8-12H2,1-4H3. The fraction of sp³-hybridized carbons (Fsp3) is 0.647. The van der Waals surface area contributed by atoms with Gasteiger partial charge in [0.1, 0.15) is 16.0 Å². The number of piperidine rings is 1. The average molecular weight is 384 g/mol. The van der Waals surface area contributed by atoms with Gasteiger partial charge in [0.15, 0.2) is 0 Å². The molecule has 0 bridgehead atoms. The second-order valence-electron chi connectivity index (χ2n) is 7.11. The SMILES string of the molecule is CN(CC1CCN(C(=O)OC(C)(C)C)CC1)c1cccc(Br)n1. The molecule has 1 aromatic rings. The molecular weight excluding hydrogens is 358 g/mol. The number of rotatable bonds is 3. The number of hydrogen-bond acceptors (Lipinski definition) is 4.